The van der Waals surface area contributed by atoms with Gasteiger partial charge in [-0.3, -0.25) is 4.99 Å². The quantitative estimate of drug-likeness (QED) is 0.731. The fraction of sp³-hybridized carbons (Fsp3) is 0.300. The SMILES string of the molecule is NC1=N[C@@H](c2ccc(F)cc2)COC1. The predicted octanol–water partition coefficient (Wildman–Crippen LogP) is 1.25. The fourth-order valence-corrected chi connectivity index (χ4v) is 1.41. The molecule has 2 rings (SSSR count). The summed E-state index contributed by atoms with van der Waals surface area (Å²) in [5.74, 6) is 0.244. The lowest BCUT2D eigenvalue weighted by molar-refractivity contribution is 0.143. The molecule has 1 atom stereocenters. The van der Waals surface area contributed by atoms with Gasteiger partial charge in [0.1, 0.15) is 24.3 Å². The summed E-state index contributed by atoms with van der Waals surface area (Å²) in [6.07, 6.45) is 0. The molecule has 0 radical (unpaired) electrons. The molecule has 74 valence electrons. The van der Waals surface area contributed by atoms with E-state index in [9.17, 15) is 4.39 Å². The Bertz CT molecular complexity index is 348. The van der Waals surface area contributed by atoms with Crippen molar-refractivity contribution < 1.29 is 9.13 Å². The second-order valence-electron chi connectivity index (χ2n) is 3.20. The molecule has 0 bridgehead atoms. The van der Waals surface area contributed by atoms with Crippen LogP contribution in [0.2, 0.25) is 0 Å². The minimum absolute atomic E-state index is 0.0932. The summed E-state index contributed by atoms with van der Waals surface area (Å²) >= 11 is 0. The van der Waals surface area contributed by atoms with E-state index in [1.54, 1.807) is 12.1 Å². The van der Waals surface area contributed by atoms with Gasteiger partial charge in [0.05, 0.1) is 6.61 Å². The summed E-state index contributed by atoms with van der Waals surface area (Å²) in [6.45, 7) is 0.893. The Kier molecular flexibility index (Phi) is 2.45. The first kappa shape index (κ1) is 9.15. The van der Waals surface area contributed by atoms with Crippen LogP contribution in [0.4, 0.5) is 4.39 Å². The van der Waals surface area contributed by atoms with Gasteiger partial charge in [-0.25, -0.2) is 4.39 Å². The number of benzene rings is 1. The molecule has 0 saturated heterocycles. The van der Waals surface area contributed by atoms with Gasteiger partial charge in [0, 0.05) is 0 Å². The van der Waals surface area contributed by atoms with Crippen LogP contribution < -0.4 is 5.73 Å². The molecule has 0 spiro atoms. The van der Waals surface area contributed by atoms with Crippen LogP contribution in [0.25, 0.3) is 0 Å². The maximum atomic E-state index is 12.6. The van der Waals surface area contributed by atoms with E-state index in [4.69, 9.17) is 10.5 Å². The van der Waals surface area contributed by atoms with Crippen molar-refractivity contribution in [2.75, 3.05) is 13.2 Å². The molecule has 0 saturated carbocycles. The van der Waals surface area contributed by atoms with Gasteiger partial charge >= 0.3 is 0 Å². The Hall–Kier alpha value is -1.42. The number of aliphatic imine (C=N–C) groups is 1. The van der Waals surface area contributed by atoms with Crippen LogP contribution in [0.1, 0.15) is 11.6 Å². The molecule has 0 amide bonds. The molecule has 1 heterocycles. The molecule has 0 aliphatic carbocycles. The fourth-order valence-electron chi connectivity index (χ4n) is 1.41. The van der Waals surface area contributed by atoms with Crippen molar-refractivity contribution in [3.8, 4) is 0 Å². The minimum Gasteiger partial charge on any atom is -0.386 e. The van der Waals surface area contributed by atoms with E-state index in [2.05, 4.69) is 4.99 Å². The topological polar surface area (TPSA) is 47.6 Å². The van der Waals surface area contributed by atoms with Crippen LogP contribution in [-0.4, -0.2) is 19.0 Å². The van der Waals surface area contributed by atoms with Crippen molar-refractivity contribution in [2.45, 2.75) is 6.04 Å². The Balaban J connectivity index is 2.22. The molecule has 0 aromatic heterocycles. The van der Waals surface area contributed by atoms with Crippen LogP contribution in [-0.2, 0) is 4.74 Å². The Morgan fingerprint density at radius 3 is 2.71 bits per heavy atom. The molecule has 14 heavy (non-hydrogen) atoms. The highest BCUT2D eigenvalue weighted by atomic mass is 19.1. The van der Waals surface area contributed by atoms with E-state index >= 15 is 0 Å². The van der Waals surface area contributed by atoms with E-state index in [1.165, 1.54) is 12.1 Å². The van der Waals surface area contributed by atoms with Gasteiger partial charge in [-0.05, 0) is 17.7 Å². The van der Waals surface area contributed by atoms with Crippen molar-refractivity contribution in [2.24, 2.45) is 10.7 Å². The Labute approximate surface area is 81.4 Å². The lowest BCUT2D eigenvalue weighted by Crippen LogP contribution is -2.27. The summed E-state index contributed by atoms with van der Waals surface area (Å²) in [5, 5.41) is 0. The average Bonchev–Trinajstić information content (AvgIpc) is 2.19. The highest BCUT2D eigenvalue weighted by molar-refractivity contribution is 5.82. The molecule has 1 aromatic rings. The third kappa shape index (κ3) is 1.90. The van der Waals surface area contributed by atoms with Crippen LogP contribution in [0.15, 0.2) is 29.3 Å². The van der Waals surface area contributed by atoms with Gasteiger partial charge in [0.25, 0.3) is 0 Å². The second kappa shape index (κ2) is 3.75. The molecule has 0 fully saturated rings. The van der Waals surface area contributed by atoms with Gasteiger partial charge in [-0.15, -0.1) is 0 Å². The number of halogens is 1. The number of rotatable bonds is 1. The summed E-state index contributed by atoms with van der Waals surface area (Å²) < 4.78 is 17.9. The summed E-state index contributed by atoms with van der Waals surface area (Å²) in [5.41, 5.74) is 6.47. The average molecular weight is 194 g/mol. The van der Waals surface area contributed by atoms with E-state index in [-0.39, 0.29) is 11.9 Å². The van der Waals surface area contributed by atoms with Crippen LogP contribution in [0, 0.1) is 5.82 Å². The maximum Gasteiger partial charge on any atom is 0.123 e. The molecule has 0 unspecified atom stereocenters. The molecule has 1 aromatic carbocycles. The van der Waals surface area contributed by atoms with Gasteiger partial charge < -0.3 is 10.5 Å². The zero-order valence-corrected chi connectivity index (χ0v) is 7.61. The summed E-state index contributed by atoms with van der Waals surface area (Å²) in [6, 6.07) is 6.13. The third-order valence-electron chi connectivity index (χ3n) is 2.10. The number of hydrogen-bond acceptors (Lipinski definition) is 3. The molecular weight excluding hydrogens is 183 g/mol. The Morgan fingerprint density at radius 1 is 1.36 bits per heavy atom. The smallest absolute Gasteiger partial charge is 0.123 e. The van der Waals surface area contributed by atoms with Gasteiger partial charge in [-0.2, -0.15) is 0 Å². The molecule has 1 aliphatic rings. The highest BCUT2D eigenvalue weighted by Crippen LogP contribution is 2.20. The first-order chi connectivity index (χ1) is 6.75. The number of hydrogen-bond donors (Lipinski definition) is 1. The first-order valence-corrected chi connectivity index (χ1v) is 4.41. The van der Waals surface area contributed by atoms with E-state index in [1.807, 2.05) is 0 Å². The number of amidine groups is 1. The summed E-state index contributed by atoms with van der Waals surface area (Å²) in [4.78, 5) is 4.23. The van der Waals surface area contributed by atoms with E-state index in [0.29, 0.717) is 19.0 Å². The lowest BCUT2D eigenvalue weighted by Gasteiger charge is -2.19. The van der Waals surface area contributed by atoms with E-state index < -0.39 is 0 Å². The lowest BCUT2D eigenvalue weighted by atomic mass is 10.1. The highest BCUT2D eigenvalue weighted by Gasteiger charge is 2.15. The van der Waals surface area contributed by atoms with Crippen molar-refractivity contribution in [1.82, 2.24) is 0 Å². The molecule has 2 N–H and O–H groups in total. The van der Waals surface area contributed by atoms with Gasteiger partial charge in [0.15, 0.2) is 0 Å². The first-order valence-electron chi connectivity index (χ1n) is 4.41. The zero-order chi connectivity index (χ0) is 9.97. The molecular formula is C10H11FN2O. The Morgan fingerprint density at radius 2 is 2.07 bits per heavy atom. The third-order valence-corrected chi connectivity index (χ3v) is 2.10. The van der Waals surface area contributed by atoms with Gasteiger partial charge in [-0.1, -0.05) is 12.1 Å². The van der Waals surface area contributed by atoms with Gasteiger partial charge in [0.2, 0.25) is 0 Å². The van der Waals surface area contributed by atoms with Crippen LogP contribution in [0.3, 0.4) is 0 Å². The minimum atomic E-state index is -0.248. The van der Waals surface area contributed by atoms with E-state index in [0.717, 1.165) is 5.56 Å². The van der Waals surface area contributed by atoms with Crippen molar-refractivity contribution >= 4 is 5.84 Å². The number of ether oxygens (including phenoxy) is 1. The van der Waals surface area contributed by atoms with Crippen molar-refractivity contribution in [3.63, 3.8) is 0 Å². The van der Waals surface area contributed by atoms with Crippen molar-refractivity contribution in [1.29, 1.82) is 0 Å². The normalized spacial score (nSPS) is 21.8. The maximum absolute atomic E-state index is 12.6. The van der Waals surface area contributed by atoms with Crippen molar-refractivity contribution in [3.05, 3.63) is 35.6 Å². The predicted molar refractivity (Wildman–Crippen MR) is 51.6 cm³/mol. The number of nitrogens with zero attached hydrogens (tertiary/aromatic N) is 1. The summed E-state index contributed by atoms with van der Waals surface area (Å²) in [7, 11) is 0. The standard InChI is InChI=1S/C10H11FN2O/c11-8-3-1-7(2-4-8)9-5-14-6-10(12)13-9/h1-4,9H,5-6H2,(H2,12,13)/t9-/m1/s1. The zero-order valence-electron chi connectivity index (χ0n) is 7.61. The van der Waals surface area contributed by atoms with Crippen LogP contribution in [0.5, 0.6) is 0 Å². The molecule has 1 aliphatic heterocycles. The second-order valence-corrected chi connectivity index (χ2v) is 3.20. The number of nitrogens with two attached hydrogens (primary N) is 1. The molecule has 3 nitrogen and oxygen atoms in total. The molecule has 4 heteroatoms. The van der Waals surface area contributed by atoms with Crippen LogP contribution >= 0.6 is 0 Å². The monoisotopic (exact) mass is 194 g/mol. The largest absolute Gasteiger partial charge is 0.386 e.